The zero-order valence-electron chi connectivity index (χ0n) is 16.7. The molecule has 0 aromatic heterocycles. The van der Waals surface area contributed by atoms with Crippen molar-refractivity contribution in [2.45, 2.75) is 57.9 Å². The molecule has 0 aromatic rings. The van der Waals surface area contributed by atoms with Crippen molar-refractivity contribution in [2.24, 2.45) is 4.99 Å². The molecule has 0 unspecified atom stereocenters. The second-order valence-electron chi connectivity index (χ2n) is 6.77. The van der Waals surface area contributed by atoms with Crippen LogP contribution in [0.2, 0.25) is 0 Å². The number of hydrogen-bond acceptors (Lipinski definition) is 4. The summed E-state index contributed by atoms with van der Waals surface area (Å²) in [7, 11) is 3.97. The number of aliphatic imine (C=N–C) groups is 1. The Morgan fingerprint density at radius 2 is 1.88 bits per heavy atom. The molecule has 0 spiro atoms. The Bertz CT molecular complexity index is 333. The first kappa shape index (κ1) is 22.2. The van der Waals surface area contributed by atoms with Gasteiger partial charge in [0.2, 0.25) is 0 Å². The third kappa shape index (κ3) is 11.4. The number of methoxy groups -OCH3 is 1. The second kappa shape index (κ2) is 15.4. The Kier molecular flexibility index (Phi) is 13.7. The van der Waals surface area contributed by atoms with E-state index in [0.29, 0.717) is 13.2 Å². The number of nitrogens with one attached hydrogen (secondary N) is 2. The molecule has 0 aromatic carbocycles. The highest BCUT2D eigenvalue weighted by molar-refractivity contribution is 5.79. The van der Waals surface area contributed by atoms with Crippen molar-refractivity contribution >= 4 is 5.96 Å². The van der Waals surface area contributed by atoms with E-state index >= 15 is 0 Å². The molecular formula is C19H40N4O2. The molecule has 0 aliphatic heterocycles. The van der Waals surface area contributed by atoms with Gasteiger partial charge < -0.3 is 25.0 Å². The highest BCUT2D eigenvalue weighted by Gasteiger charge is 2.17. The molecule has 1 fully saturated rings. The maximum absolute atomic E-state index is 5.46. The highest BCUT2D eigenvalue weighted by Crippen LogP contribution is 2.21. The van der Waals surface area contributed by atoms with Crippen molar-refractivity contribution in [3.8, 4) is 0 Å². The summed E-state index contributed by atoms with van der Waals surface area (Å²) in [5.41, 5.74) is 0. The van der Waals surface area contributed by atoms with Gasteiger partial charge in [0.1, 0.15) is 0 Å². The Hall–Kier alpha value is -0.850. The summed E-state index contributed by atoms with van der Waals surface area (Å²) in [6, 6.07) is 0.800. The SMILES string of the molecule is CCNC(=NCCCOCCOC)NCCCN(C)C1CCCCC1. The van der Waals surface area contributed by atoms with Crippen LogP contribution in [0, 0.1) is 0 Å². The first-order valence-electron chi connectivity index (χ1n) is 10.1. The summed E-state index contributed by atoms with van der Waals surface area (Å²) in [5, 5.41) is 6.75. The number of hydrogen-bond donors (Lipinski definition) is 2. The van der Waals surface area contributed by atoms with Gasteiger partial charge in [0.05, 0.1) is 13.2 Å². The summed E-state index contributed by atoms with van der Waals surface area (Å²) in [5.74, 6) is 0.916. The Labute approximate surface area is 154 Å². The molecule has 1 aliphatic carbocycles. The van der Waals surface area contributed by atoms with Crippen LogP contribution in [0.4, 0.5) is 0 Å². The van der Waals surface area contributed by atoms with E-state index in [0.717, 1.165) is 57.6 Å². The largest absolute Gasteiger partial charge is 0.382 e. The minimum atomic E-state index is 0.656. The smallest absolute Gasteiger partial charge is 0.191 e. The number of nitrogens with zero attached hydrogens (tertiary/aromatic N) is 2. The van der Waals surface area contributed by atoms with Crippen LogP contribution in [-0.2, 0) is 9.47 Å². The van der Waals surface area contributed by atoms with Crippen LogP contribution >= 0.6 is 0 Å². The van der Waals surface area contributed by atoms with E-state index in [-0.39, 0.29) is 0 Å². The molecule has 1 saturated carbocycles. The fraction of sp³-hybridized carbons (Fsp3) is 0.947. The maximum atomic E-state index is 5.46. The number of guanidine groups is 1. The predicted octanol–water partition coefficient (Wildman–Crippen LogP) is 2.25. The maximum Gasteiger partial charge on any atom is 0.191 e. The van der Waals surface area contributed by atoms with Crippen molar-refractivity contribution in [2.75, 3.05) is 60.2 Å². The molecule has 0 radical (unpaired) electrons. The standard InChI is InChI=1S/C19H40N4O2/c1-4-20-19(22-13-9-15-25-17-16-24-3)21-12-8-14-23(2)18-10-6-5-7-11-18/h18H,4-17H2,1-3H3,(H2,20,21,22). The molecule has 1 aliphatic rings. The van der Waals surface area contributed by atoms with E-state index in [9.17, 15) is 0 Å². The third-order valence-electron chi connectivity index (χ3n) is 4.67. The predicted molar refractivity (Wildman–Crippen MR) is 105 cm³/mol. The lowest BCUT2D eigenvalue weighted by molar-refractivity contribution is 0.0702. The zero-order valence-corrected chi connectivity index (χ0v) is 16.7. The van der Waals surface area contributed by atoms with E-state index in [4.69, 9.17) is 9.47 Å². The van der Waals surface area contributed by atoms with Crippen molar-refractivity contribution in [1.29, 1.82) is 0 Å². The molecular weight excluding hydrogens is 316 g/mol. The van der Waals surface area contributed by atoms with Crippen LogP contribution in [0.25, 0.3) is 0 Å². The molecule has 0 bridgehead atoms. The molecule has 0 atom stereocenters. The lowest BCUT2D eigenvalue weighted by Crippen LogP contribution is -2.40. The van der Waals surface area contributed by atoms with Crippen LogP contribution in [-0.4, -0.2) is 77.1 Å². The normalized spacial score (nSPS) is 16.4. The average molecular weight is 357 g/mol. The fourth-order valence-electron chi connectivity index (χ4n) is 3.18. The Balaban J connectivity index is 2.11. The molecule has 25 heavy (non-hydrogen) atoms. The van der Waals surface area contributed by atoms with Gasteiger partial charge in [0.15, 0.2) is 5.96 Å². The first-order valence-corrected chi connectivity index (χ1v) is 10.1. The number of rotatable bonds is 13. The van der Waals surface area contributed by atoms with Crippen LogP contribution in [0.5, 0.6) is 0 Å². The Morgan fingerprint density at radius 3 is 2.60 bits per heavy atom. The summed E-state index contributed by atoms with van der Waals surface area (Å²) < 4.78 is 10.4. The van der Waals surface area contributed by atoms with Gasteiger partial charge in [-0.2, -0.15) is 0 Å². The summed E-state index contributed by atoms with van der Waals surface area (Å²) in [6.45, 7) is 7.94. The van der Waals surface area contributed by atoms with Gasteiger partial charge in [0.25, 0.3) is 0 Å². The van der Waals surface area contributed by atoms with E-state index in [2.05, 4.69) is 34.5 Å². The van der Waals surface area contributed by atoms with Gasteiger partial charge in [0, 0.05) is 39.4 Å². The lowest BCUT2D eigenvalue weighted by Gasteiger charge is -2.31. The molecule has 0 amide bonds. The van der Waals surface area contributed by atoms with Gasteiger partial charge in [-0.05, 0) is 46.2 Å². The van der Waals surface area contributed by atoms with Gasteiger partial charge in [-0.3, -0.25) is 4.99 Å². The molecule has 148 valence electrons. The average Bonchev–Trinajstić information content (AvgIpc) is 2.64. The molecule has 6 heteroatoms. The second-order valence-corrected chi connectivity index (χ2v) is 6.77. The first-order chi connectivity index (χ1) is 12.3. The minimum absolute atomic E-state index is 0.656. The van der Waals surface area contributed by atoms with Gasteiger partial charge in [-0.15, -0.1) is 0 Å². The monoisotopic (exact) mass is 356 g/mol. The molecule has 1 rings (SSSR count). The zero-order chi connectivity index (χ0) is 18.2. The van der Waals surface area contributed by atoms with E-state index in [1.807, 2.05) is 0 Å². The number of ether oxygens (including phenoxy) is 2. The molecule has 6 nitrogen and oxygen atoms in total. The molecule has 2 N–H and O–H groups in total. The van der Waals surface area contributed by atoms with Crippen molar-refractivity contribution < 1.29 is 9.47 Å². The fourth-order valence-corrected chi connectivity index (χ4v) is 3.18. The minimum Gasteiger partial charge on any atom is -0.382 e. The third-order valence-corrected chi connectivity index (χ3v) is 4.67. The Morgan fingerprint density at radius 1 is 1.08 bits per heavy atom. The van der Waals surface area contributed by atoms with Gasteiger partial charge >= 0.3 is 0 Å². The van der Waals surface area contributed by atoms with Crippen LogP contribution < -0.4 is 10.6 Å². The van der Waals surface area contributed by atoms with E-state index in [1.165, 1.54) is 32.1 Å². The molecule has 0 heterocycles. The topological polar surface area (TPSA) is 58.1 Å². The van der Waals surface area contributed by atoms with Gasteiger partial charge in [-0.25, -0.2) is 0 Å². The van der Waals surface area contributed by atoms with Gasteiger partial charge in [-0.1, -0.05) is 19.3 Å². The lowest BCUT2D eigenvalue weighted by atomic mass is 9.94. The summed E-state index contributed by atoms with van der Waals surface area (Å²) in [6.07, 6.45) is 9.06. The van der Waals surface area contributed by atoms with Crippen molar-refractivity contribution in [1.82, 2.24) is 15.5 Å². The highest BCUT2D eigenvalue weighted by atomic mass is 16.5. The van der Waals surface area contributed by atoms with Crippen LogP contribution in [0.15, 0.2) is 4.99 Å². The quantitative estimate of drug-likeness (QED) is 0.301. The van der Waals surface area contributed by atoms with Crippen LogP contribution in [0.3, 0.4) is 0 Å². The van der Waals surface area contributed by atoms with Crippen LogP contribution in [0.1, 0.15) is 51.9 Å². The summed E-state index contributed by atoms with van der Waals surface area (Å²) in [4.78, 5) is 7.15. The molecule has 0 saturated heterocycles. The summed E-state index contributed by atoms with van der Waals surface area (Å²) >= 11 is 0. The van der Waals surface area contributed by atoms with E-state index in [1.54, 1.807) is 7.11 Å². The van der Waals surface area contributed by atoms with Crippen molar-refractivity contribution in [3.05, 3.63) is 0 Å². The van der Waals surface area contributed by atoms with Crippen molar-refractivity contribution in [3.63, 3.8) is 0 Å². The van der Waals surface area contributed by atoms with E-state index < -0.39 is 0 Å².